The van der Waals surface area contributed by atoms with E-state index in [0.29, 0.717) is 0 Å². The van der Waals surface area contributed by atoms with Crippen LogP contribution in [0.15, 0.2) is 0 Å². The Hall–Kier alpha value is 0.250. The third-order valence-electron chi connectivity index (χ3n) is 3.89. The highest BCUT2D eigenvalue weighted by molar-refractivity contribution is 6.16. The molecule has 0 fully saturated rings. The standard InChI is InChI=1S/C16H35ClN/c1-4-6-8-10-11-13-15-18(3,16-17)14-12-9-7-5-2/h4-16H2,1-3H3/q+1. The molecule has 0 aromatic rings. The predicted octanol–water partition coefficient (Wildman–Crippen LogP) is 5.57. The van der Waals surface area contributed by atoms with Crippen molar-refractivity contribution in [3.05, 3.63) is 0 Å². The molecule has 1 atom stereocenters. The van der Waals surface area contributed by atoms with E-state index in [1.165, 1.54) is 77.3 Å². The molecule has 0 bridgehead atoms. The van der Waals surface area contributed by atoms with E-state index in [2.05, 4.69) is 20.9 Å². The fourth-order valence-electron chi connectivity index (χ4n) is 2.43. The van der Waals surface area contributed by atoms with Gasteiger partial charge in [0.25, 0.3) is 0 Å². The molecular formula is C16H35ClN+. The molecule has 0 spiro atoms. The largest absolute Gasteiger partial charge is 0.313 e. The van der Waals surface area contributed by atoms with Crippen LogP contribution in [0.25, 0.3) is 0 Å². The maximum atomic E-state index is 6.16. The molecule has 0 amide bonds. The van der Waals surface area contributed by atoms with Gasteiger partial charge in [0.2, 0.25) is 0 Å². The second-order valence-corrected chi connectivity index (χ2v) is 6.25. The lowest BCUT2D eigenvalue weighted by Gasteiger charge is -2.32. The minimum atomic E-state index is 0.779. The van der Waals surface area contributed by atoms with Gasteiger partial charge in [-0.25, -0.2) is 0 Å². The fourth-order valence-corrected chi connectivity index (χ4v) is 2.66. The Labute approximate surface area is 120 Å². The highest BCUT2D eigenvalue weighted by Gasteiger charge is 2.18. The van der Waals surface area contributed by atoms with Crippen molar-refractivity contribution in [3.63, 3.8) is 0 Å². The first-order valence-corrected chi connectivity index (χ1v) is 8.61. The molecule has 0 saturated carbocycles. The van der Waals surface area contributed by atoms with Gasteiger partial charge in [0.1, 0.15) is 0 Å². The van der Waals surface area contributed by atoms with Gasteiger partial charge in [-0.3, -0.25) is 0 Å². The number of hydrogen-bond donors (Lipinski definition) is 0. The summed E-state index contributed by atoms with van der Waals surface area (Å²) in [6.07, 6.45) is 13.7. The molecular weight excluding hydrogens is 242 g/mol. The van der Waals surface area contributed by atoms with E-state index in [0.717, 1.165) is 10.5 Å². The lowest BCUT2D eigenvalue weighted by atomic mass is 10.1. The molecule has 0 radical (unpaired) electrons. The van der Waals surface area contributed by atoms with E-state index in [1.54, 1.807) is 0 Å². The van der Waals surface area contributed by atoms with Crippen LogP contribution in [-0.4, -0.2) is 30.6 Å². The zero-order valence-corrected chi connectivity index (χ0v) is 13.8. The number of quaternary nitrogens is 1. The fraction of sp³-hybridized carbons (Fsp3) is 1.00. The van der Waals surface area contributed by atoms with Crippen LogP contribution in [0.5, 0.6) is 0 Å². The predicted molar refractivity (Wildman–Crippen MR) is 84.2 cm³/mol. The molecule has 1 nitrogen and oxygen atoms in total. The number of rotatable bonds is 13. The average Bonchev–Trinajstić information content (AvgIpc) is 2.39. The maximum absolute atomic E-state index is 6.16. The second-order valence-electron chi connectivity index (χ2n) is 6.01. The van der Waals surface area contributed by atoms with Gasteiger partial charge in [-0.2, -0.15) is 0 Å². The smallest absolute Gasteiger partial charge is 0.154 e. The quantitative estimate of drug-likeness (QED) is 0.179. The summed E-state index contributed by atoms with van der Waals surface area (Å²) in [5.74, 6) is 0. The van der Waals surface area contributed by atoms with E-state index < -0.39 is 0 Å². The first-order valence-electron chi connectivity index (χ1n) is 8.08. The van der Waals surface area contributed by atoms with E-state index in [4.69, 9.17) is 11.6 Å². The van der Waals surface area contributed by atoms with Crippen LogP contribution in [0.1, 0.15) is 78.1 Å². The summed E-state index contributed by atoms with van der Waals surface area (Å²) >= 11 is 6.16. The minimum absolute atomic E-state index is 0.779. The Kier molecular flexibility index (Phi) is 12.5. The molecule has 0 aliphatic rings. The second kappa shape index (κ2) is 12.3. The van der Waals surface area contributed by atoms with E-state index in [9.17, 15) is 0 Å². The van der Waals surface area contributed by atoms with Crippen LogP contribution < -0.4 is 0 Å². The molecule has 0 aliphatic carbocycles. The number of halogens is 1. The number of unbranched alkanes of at least 4 members (excludes halogenated alkanes) is 8. The number of nitrogens with zero attached hydrogens (tertiary/aromatic N) is 1. The van der Waals surface area contributed by atoms with Gasteiger partial charge in [0, 0.05) is 0 Å². The first-order chi connectivity index (χ1) is 8.68. The van der Waals surface area contributed by atoms with Crippen molar-refractivity contribution in [2.45, 2.75) is 78.1 Å². The van der Waals surface area contributed by atoms with Crippen LogP contribution in [0.2, 0.25) is 0 Å². The van der Waals surface area contributed by atoms with Crippen LogP contribution in [0.4, 0.5) is 0 Å². The highest BCUT2D eigenvalue weighted by atomic mass is 35.5. The third-order valence-corrected chi connectivity index (χ3v) is 4.47. The van der Waals surface area contributed by atoms with Crippen molar-refractivity contribution < 1.29 is 4.48 Å². The zero-order valence-electron chi connectivity index (χ0n) is 13.0. The lowest BCUT2D eigenvalue weighted by Crippen LogP contribution is -2.44. The number of hydrogen-bond acceptors (Lipinski definition) is 0. The Bertz CT molecular complexity index is 172. The van der Waals surface area contributed by atoms with Crippen molar-refractivity contribution in [3.8, 4) is 0 Å². The third kappa shape index (κ3) is 10.2. The van der Waals surface area contributed by atoms with Gasteiger partial charge in [-0.15, -0.1) is 0 Å². The molecule has 110 valence electrons. The van der Waals surface area contributed by atoms with E-state index >= 15 is 0 Å². The zero-order chi connectivity index (χ0) is 13.7. The molecule has 0 heterocycles. The summed E-state index contributed by atoms with van der Waals surface area (Å²) in [6, 6.07) is 0.779. The van der Waals surface area contributed by atoms with Crippen LogP contribution in [0, 0.1) is 0 Å². The monoisotopic (exact) mass is 276 g/mol. The summed E-state index contributed by atoms with van der Waals surface area (Å²) < 4.78 is 1.07. The normalized spacial score (nSPS) is 14.7. The summed E-state index contributed by atoms with van der Waals surface area (Å²) in [5, 5.41) is 0. The lowest BCUT2D eigenvalue weighted by molar-refractivity contribution is -0.899. The van der Waals surface area contributed by atoms with Gasteiger partial charge in [-0.05, 0) is 25.7 Å². The van der Waals surface area contributed by atoms with E-state index in [-0.39, 0.29) is 0 Å². The average molecular weight is 277 g/mol. The molecule has 0 saturated heterocycles. The molecule has 0 aromatic heterocycles. The highest BCUT2D eigenvalue weighted by Crippen LogP contribution is 2.13. The van der Waals surface area contributed by atoms with E-state index in [1.807, 2.05) is 0 Å². The molecule has 0 N–H and O–H groups in total. The van der Waals surface area contributed by atoms with Crippen molar-refractivity contribution >= 4 is 11.6 Å². The topological polar surface area (TPSA) is 0 Å². The Balaban J connectivity index is 3.58. The Morgan fingerprint density at radius 2 is 1.06 bits per heavy atom. The van der Waals surface area contributed by atoms with Crippen molar-refractivity contribution in [1.29, 1.82) is 0 Å². The van der Waals surface area contributed by atoms with Crippen molar-refractivity contribution in [2.75, 3.05) is 26.1 Å². The molecule has 1 unspecified atom stereocenters. The van der Waals surface area contributed by atoms with Crippen LogP contribution in [0.3, 0.4) is 0 Å². The Morgan fingerprint density at radius 1 is 0.667 bits per heavy atom. The Morgan fingerprint density at radius 3 is 1.50 bits per heavy atom. The van der Waals surface area contributed by atoms with Crippen molar-refractivity contribution in [2.24, 2.45) is 0 Å². The maximum Gasteiger partial charge on any atom is 0.154 e. The van der Waals surface area contributed by atoms with Gasteiger partial charge in [-0.1, -0.05) is 64.0 Å². The molecule has 0 rings (SSSR count). The molecule has 2 heteroatoms. The van der Waals surface area contributed by atoms with Gasteiger partial charge in [0.05, 0.1) is 20.1 Å². The van der Waals surface area contributed by atoms with Gasteiger partial charge in [0.15, 0.2) is 6.00 Å². The first kappa shape index (κ1) is 18.2. The summed E-state index contributed by atoms with van der Waals surface area (Å²) in [5.41, 5.74) is 0. The van der Waals surface area contributed by atoms with Crippen LogP contribution in [-0.2, 0) is 0 Å². The van der Waals surface area contributed by atoms with Crippen LogP contribution >= 0.6 is 11.6 Å². The van der Waals surface area contributed by atoms with Gasteiger partial charge >= 0.3 is 0 Å². The van der Waals surface area contributed by atoms with Gasteiger partial charge < -0.3 is 4.48 Å². The summed E-state index contributed by atoms with van der Waals surface area (Å²) in [6.45, 7) is 7.07. The summed E-state index contributed by atoms with van der Waals surface area (Å²) in [4.78, 5) is 0. The molecule has 0 aliphatic heterocycles. The SMILES string of the molecule is CCCCCCCC[N+](C)(CCl)CCCCCC. The molecule has 0 aromatic carbocycles. The minimum Gasteiger partial charge on any atom is -0.313 e. The summed E-state index contributed by atoms with van der Waals surface area (Å²) in [7, 11) is 2.32. The van der Waals surface area contributed by atoms with Crippen molar-refractivity contribution in [1.82, 2.24) is 0 Å². The number of alkyl halides is 1. The molecule has 18 heavy (non-hydrogen) atoms.